The molecule has 12 heteroatoms. The lowest BCUT2D eigenvalue weighted by Crippen LogP contribution is -2.11. The minimum atomic E-state index is 0.571. The number of pyridine rings is 10. The van der Waals surface area contributed by atoms with Gasteiger partial charge in [-0.05, 0) is 158 Å². The zero-order chi connectivity index (χ0) is 64.3. The third-order valence-corrected chi connectivity index (χ3v) is 16.6. The van der Waals surface area contributed by atoms with Crippen molar-refractivity contribution in [1.29, 1.82) is 0 Å². The van der Waals surface area contributed by atoms with Crippen LogP contribution in [0.5, 0.6) is 11.8 Å². The van der Waals surface area contributed by atoms with Gasteiger partial charge in [-0.2, -0.15) is 0 Å². The number of para-hydroxylation sites is 4. The molecule has 10 heterocycles. The van der Waals surface area contributed by atoms with Crippen molar-refractivity contribution in [3.05, 3.63) is 301 Å². The second-order valence-corrected chi connectivity index (χ2v) is 22.7. The highest BCUT2D eigenvalue weighted by atomic mass is 16.5. The SMILES string of the molecule is COc1cccc(-c2cccc(OC)n2)n1.Cc1c2c(nc3ccccc13)-c1nc3ccccc3c(C)c1CC2.Cc1cccc(-c2cccc(C)n2)n1.c1ccc2cc(-c3cc4ccccc4cn3)ncc2c1.c1ccc2nc(-c3ccc4ccccc4n3)ccc2c1. The van der Waals surface area contributed by atoms with E-state index in [0.29, 0.717) is 11.8 Å². The fourth-order valence-corrected chi connectivity index (χ4v) is 11.7. The summed E-state index contributed by atoms with van der Waals surface area (Å²) in [7, 11) is 3.18. The van der Waals surface area contributed by atoms with Crippen molar-refractivity contribution in [3.8, 4) is 68.7 Å². The molecule has 6 aromatic carbocycles. The molecule has 0 radical (unpaired) electrons. The predicted molar refractivity (Wildman–Crippen MR) is 382 cm³/mol. The van der Waals surface area contributed by atoms with Crippen LogP contribution in [0.2, 0.25) is 0 Å². The molecule has 10 aromatic heterocycles. The number of aromatic nitrogens is 10. The highest BCUT2D eigenvalue weighted by Gasteiger charge is 2.25. The van der Waals surface area contributed by atoms with Gasteiger partial charge in [-0.3, -0.25) is 19.9 Å². The molecule has 0 amide bonds. The molecule has 94 heavy (non-hydrogen) atoms. The summed E-state index contributed by atoms with van der Waals surface area (Å²) in [5.74, 6) is 1.14. The molecule has 0 aliphatic heterocycles. The van der Waals surface area contributed by atoms with Gasteiger partial charge in [-0.1, -0.05) is 158 Å². The molecule has 0 spiro atoms. The molecule has 1 aliphatic carbocycles. The van der Waals surface area contributed by atoms with Crippen molar-refractivity contribution in [2.45, 2.75) is 40.5 Å². The quantitative estimate of drug-likeness (QED) is 0.156. The van der Waals surface area contributed by atoms with Gasteiger partial charge in [0.15, 0.2) is 0 Å². The van der Waals surface area contributed by atoms with Gasteiger partial charge in [0.05, 0.1) is 93.2 Å². The highest BCUT2D eigenvalue weighted by Crippen LogP contribution is 2.39. The average molecular weight is 1220 g/mol. The minimum absolute atomic E-state index is 0.571. The Bertz CT molecular complexity index is 4920. The monoisotopic (exact) mass is 1220 g/mol. The Morgan fingerprint density at radius 2 is 0.606 bits per heavy atom. The first-order chi connectivity index (χ1) is 46.1. The highest BCUT2D eigenvalue weighted by molar-refractivity contribution is 5.92. The second-order valence-electron chi connectivity index (χ2n) is 22.7. The summed E-state index contributed by atoms with van der Waals surface area (Å²) < 4.78 is 10.1. The normalized spacial score (nSPS) is 11.2. The van der Waals surface area contributed by atoms with Crippen LogP contribution in [0.1, 0.15) is 33.6 Å². The standard InChI is InChI=1S/C22H18N2.2C18H12N2.C12H12N2O2.C12H12N2/c1-13-15-7-3-5-9-19(15)23-21-17(13)11-12-18-14(2)16-8-4-6-10-20(16)24-22(18)21;1-3-7-15-11-19-17(9-13(15)5-1)18-10-14-6-2-4-8-16(14)12-20-18;1-3-7-15-13(5-1)9-11-17(19-15)18-12-10-14-6-2-4-8-16(14)20-18;1-15-11-7-3-5-9(13-11)10-6-4-8-12(14-10)16-2;1-9-5-3-7-11(13-9)12-8-4-6-10(2)14-12/h3-10H,11-12H2,1-2H3;2*1-12H;3-8H,1-2H3;3-8H,1-2H3. The maximum Gasteiger partial charge on any atom is 0.213 e. The van der Waals surface area contributed by atoms with Crippen LogP contribution < -0.4 is 9.47 Å². The van der Waals surface area contributed by atoms with Gasteiger partial charge in [-0.15, -0.1) is 0 Å². The number of fused-ring (bicyclic) bond motifs is 9. The summed E-state index contributed by atoms with van der Waals surface area (Å²) in [6.45, 7) is 8.42. The number of aryl methyl sites for hydroxylation is 4. The number of methoxy groups -OCH3 is 2. The Kier molecular flexibility index (Phi) is 18.1. The Morgan fingerprint density at radius 1 is 0.266 bits per heavy atom. The molecule has 0 N–H and O–H groups in total. The minimum Gasteiger partial charge on any atom is -0.481 e. The molecular formula is C82H66N10O2. The van der Waals surface area contributed by atoms with Gasteiger partial charge < -0.3 is 9.47 Å². The van der Waals surface area contributed by atoms with Crippen LogP contribution in [0.4, 0.5) is 0 Å². The molecule has 0 unspecified atom stereocenters. The van der Waals surface area contributed by atoms with Gasteiger partial charge in [0, 0.05) is 68.2 Å². The summed E-state index contributed by atoms with van der Waals surface area (Å²) in [5.41, 5.74) is 20.8. The van der Waals surface area contributed by atoms with Crippen LogP contribution in [0.15, 0.2) is 267 Å². The fraction of sp³-hybridized carbons (Fsp3) is 0.0976. The third kappa shape index (κ3) is 13.7. The van der Waals surface area contributed by atoms with Crippen molar-refractivity contribution in [1.82, 2.24) is 49.8 Å². The molecule has 456 valence electrons. The number of hydrogen-bond donors (Lipinski definition) is 0. The number of benzene rings is 6. The first kappa shape index (κ1) is 60.9. The number of rotatable bonds is 6. The fourth-order valence-electron chi connectivity index (χ4n) is 11.7. The van der Waals surface area contributed by atoms with E-state index >= 15 is 0 Å². The van der Waals surface area contributed by atoms with Gasteiger partial charge in [0.2, 0.25) is 11.8 Å². The molecule has 0 fully saturated rings. The van der Waals surface area contributed by atoms with Crippen LogP contribution in [0.25, 0.3) is 122 Å². The first-order valence-corrected chi connectivity index (χ1v) is 31.2. The molecule has 0 saturated heterocycles. The summed E-state index contributed by atoms with van der Waals surface area (Å²) >= 11 is 0. The van der Waals surface area contributed by atoms with Crippen molar-refractivity contribution >= 4 is 65.2 Å². The molecule has 1 aliphatic rings. The average Bonchev–Trinajstić information content (AvgIpc) is 0.786. The van der Waals surface area contributed by atoms with Crippen molar-refractivity contribution in [3.63, 3.8) is 0 Å². The molecular weight excluding hydrogens is 1160 g/mol. The molecule has 17 rings (SSSR count). The summed E-state index contributed by atoms with van der Waals surface area (Å²) in [6.07, 6.45) is 5.91. The summed E-state index contributed by atoms with van der Waals surface area (Å²) in [5, 5.41) is 9.50. The number of ether oxygens (including phenoxy) is 2. The van der Waals surface area contributed by atoms with E-state index in [9.17, 15) is 0 Å². The smallest absolute Gasteiger partial charge is 0.213 e. The second kappa shape index (κ2) is 28.0. The largest absolute Gasteiger partial charge is 0.481 e. The Balaban J connectivity index is 0.000000108. The first-order valence-electron chi connectivity index (χ1n) is 31.2. The van der Waals surface area contributed by atoms with Gasteiger partial charge in [-0.25, -0.2) is 29.9 Å². The summed E-state index contributed by atoms with van der Waals surface area (Å²) in [4.78, 5) is 45.9. The summed E-state index contributed by atoms with van der Waals surface area (Å²) in [6, 6.07) is 85.0. The van der Waals surface area contributed by atoms with Crippen molar-refractivity contribution in [2.75, 3.05) is 14.2 Å². The predicted octanol–water partition coefficient (Wildman–Crippen LogP) is 19.0. The molecule has 0 atom stereocenters. The molecule has 16 aromatic rings. The van der Waals surface area contributed by atoms with Crippen molar-refractivity contribution < 1.29 is 9.47 Å². The van der Waals surface area contributed by atoms with Gasteiger partial charge in [0.1, 0.15) is 0 Å². The van der Waals surface area contributed by atoms with Gasteiger partial charge >= 0.3 is 0 Å². The molecule has 0 saturated carbocycles. The van der Waals surface area contributed by atoms with E-state index in [0.717, 1.165) is 125 Å². The molecule has 12 nitrogen and oxygen atoms in total. The van der Waals surface area contributed by atoms with Crippen LogP contribution in [-0.2, 0) is 12.8 Å². The van der Waals surface area contributed by atoms with E-state index in [-0.39, 0.29) is 0 Å². The zero-order valence-corrected chi connectivity index (χ0v) is 53.1. The van der Waals surface area contributed by atoms with E-state index in [1.54, 1.807) is 26.4 Å². The maximum absolute atomic E-state index is 5.06. The Morgan fingerprint density at radius 3 is 1.01 bits per heavy atom. The van der Waals surface area contributed by atoms with E-state index < -0.39 is 0 Å². The zero-order valence-electron chi connectivity index (χ0n) is 53.1. The van der Waals surface area contributed by atoms with E-state index in [4.69, 9.17) is 19.4 Å². The van der Waals surface area contributed by atoms with E-state index in [2.05, 4.69) is 163 Å². The van der Waals surface area contributed by atoms with E-state index in [1.165, 1.54) is 43.8 Å². The lowest BCUT2D eigenvalue weighted by Gasteiger charge is -2.23. The topological polar surface area (TPSA) is 147 Å². The Hall–Kier alpha value is -12.0. The van der Waals surface area contributed by atoms with Crippen LogP contribution in [0.3, 0.4) is 0 Å². The van der Waals surface area contributed by atoms with Crippen LogP contribution in [0, 0.1) is 27.7 Å². The van der Waals surface area contributed by atoms with Crippen LogP contribution >= 0.6 is 0 Å². The Labute approximate surface area is 545 Å². The van der Waals surface area contributed by atoms with Crippen molar-refractivity contribution in [2.24, 2.45) is 0 Å². The maximum atomic E-state index is 5.06. The third-order valence-electron chi connectivity index (χ3n) is 16.6. The number of hydrogen-bond acceptors (Lipinski definition) is 12. The lowest BCUT2D eigenvalue weighted by molar-refractivity contribution is 0.396. The molecule has 0 bridgehead atoms. The van der Waals surface area contributed by atoms with Crippen LogP contribution in [-0.4, -0.2) is 64.1 Å². The van der Waals surface area contributed by atoms with E-state index in [1.807, 2.05) is 160 Å². The van der Waals surface area contributed by atoms with Gasteiger partial charge in [0.25, 0.3) is 0 Å². The lowest BCUT2D eigenvalue weighted by atomic mass is 9.85. The number of nitrogens with zero attached hydrogens (tertiary/aromatic N) is 10.